The molecule has 3 N–H and O–H groups in total. The van der Waals surface area contributed by atoms with Gasteiger partial charge in [0, 0.05) is 24.6 Å². The van der Waals surface area contributed by atoms with Crippen LogP contribution in [0, 0.1) is 0 Å². The molecular weight excluding hydrogens is 323 g/mol. The zero-order valence-corrected chi connectivity index (χ0v) is 13.9. The number of aliphatic hydroxyl groups excluding tert-OH is 1. The number of hydrogen-bond donors (Lipinski definition) is 3. The number of nitrogens with zero attached hydrogens (tertiary/aromatic N) is 3. The Bertz CT molecular complexity index is 621. The van der Waals surface area contributed by atoms with E-state index < -0.39 is 24.3 Å². The lowest BCUT2D eigenvalue weighted by molar-refractivity contribution is -0.107. The summed E-state index contributed by atoms with van der Waals surface area (Å²) < 4.78 is 41.1. The highest BCUT2D eigenvalue weighted by Crippen LogP contribution is 2.40. The van der Waals surface area contributed by atoms with Crippen LogP contribution in [0.3, 0.4) is 0 Å². The minimum atomic E-state index is -3.48. The van der Waals surface area contributed by atoms with Crippen LogP contribution in [0.2, 0.25) is 0 Å². The highest BCUT2D eigenvalue weighted by Gasteiger charge is 2.46. The lowest BCUT2D eigenvalue weighted by atomic mass is 9.92. The van der Waals surface area contributed by atoms with E-state index in [1.54, 1.807) is 0 Å². The molecule has 1 aliphatic rings. The molecule has 1 atom stereocenters. The predicted octanol–water partition coefficient (Wildman–Crippen LogP) is 2.98. The molecule has 6 nitrogen and oxygen atoms in total. The normalized spacial score (nSPS) is 20.4. The van der Waals surface area contributed by atoms with Gasteiger partial charge < -0.3 is 15.7 Å². The second-order valence-electron chi connectivity index (χ2n) is 6.02. The number of hydrogen-bond acceptors (Lipinski definition) is 6. The zero-order valence-electron chi connectivity index (χ0n) is 13.9. The van der Waals surface area contributed by atoms with Crippen molar-refractivity contribution in [3.05, 3.63) is 11.7 Å². The molecule has 1 aromatic heterocycles. The van der Waals surface area contributed by atoms with Crippen molar-refractivity contribution in [2.75, 3.05) is 17.2 Å². The summed E-state index contributed by atoms with van der Waals surface area (Å²) in [6.07, 6.45) is -2.55. The Morgan fingerprint density at radius 1 is 1.25 bits per heavy atom. The summed E-state index contributed by atoms with van der Waals surface area (Å²) in [6, 6.07) is 0.0272. The second-order valence-corrected chi connectivity index (χ2v) is 6.02. The summed E-state index contributed by atoms with van der Waals surface area (Å²) in [7, 11) is 0. The Morgan fingerprint density at radius 2 is 1.92 bits per heavy atom. The van der Waals surface area contributed by atoms with Gasteiger partial charge >= 0.3 is 0 Å². The van der Waals surface area contributed by atoms with Crippen molar-refractivity contribution in [1.29, 1.82) is 0 Å². The largest absolute Gasteiger partial charge is 0.380 e. The number of aliphatic hydroxyl groups is 1. The average Bonchev–Trinajstić information content (AvgIpc) is 2.50. The van der Waals surface area contributed by atoms with Crippen LogP contribution >= 0.6 is 0 Å². The molecule has 0 fully saturated rings. The van der Waals surface area contributed by atoms with Gasteiger partial charge in [0.25, 0.3) is 5.92 Å². The number of aromatic nitrogens is 3. The monoisotopic (exact) mass is 345 g/mol. The third-order valence-corrected chi connectivity index (χ3v) is 3.49. The molecule has 1 heterocycles. The summed E-state index contributed by atoms with van der Waals surface area (Å²) >= 11 is 0. The molecule has 0 saturated carbocycles. The smallest absolute Gasteiger partial charge is 0.280 e. The topological polar surface area (TPSA) is 83.0 Å². The van der Waals surface area contributed by atoms with Crippen molar-refractivity contribution in [2.45, 2.75) is 58.1 Å². The highest BCUT2D eigenvalue weighted by molar-refractivity contribution is 5.66. The van der Waals surface area contributed by atoms with E-state index in [0.717, 1.165) is 6.42 Å². The molecule has 0 bridgehead atoms. The lowest BCUT2D eigenvalue weighted by Crippen LogP contribution is -2.37. The summed E-state index contributed by atoms with van der Waals surface area (Å²) in [5, 5.41) is 15.4. The number of rotatable bonds is 6. The van der Waals surface area contributed by atoms with Crippen molar-refractivity contribution in [3.63, 3.8) is 0 Å². The first kappa shape index (κ1) is 18.4. The molecular formula is C15H22F3N5O. The molecule has 0 amide bonds. The van der Waals surface area contributed by atoms with Crippen molar-refractivity contribution < 1.29 is 18.3 Å². The first-order valence-electron chi connectivity index (χ1n) is 7.96. The zero-order chi connectivity index (χ0) is 17.9. The molecule has 0 unspecified atom stereocenters. The van der Waals surface area contributed by atoms with E-state index in [1.807, 2.05) is 20.8 Å². The minimum absolute atomic E-state index is 0.0272. The van der Waals surface area contributed by atoms with Gasteiger partial charge in [0.15, 0.2) is 11.9 Å². The second kappa shape index (κ2) is 7.33. The van der Waals surface area contributed by atoms with Crippen LogP contribution < -0.4 is 10.6 Å². The molecule has 0 spiro atoms. The lowest BCUT2D eigenvalue weighted by Gasteiger charge is -2.27. The molecule has 0 radical (unpaired) electrons. The summed E-state index contributed by atoms with van der Waals surface area (Å²) in [5.41, 5.74) is -0.109. The molecule has 0 aliphatic heterocycles. The summed E-state index contributed by atoms with van der Waals surface area (Å²) in [5.74, 6) is -4.35. The number of allylic oxidation sites excluding steroid dienone is 1. The van der Waals surface area contributed by atoms with Crippen molar-refractivity contribution >= 4 is 17.5 Å². The molecule has 134 valence electrons. The first-order valence-corrected chi connectivity index (χ1v) is 7.96. The molecule has 1 aromatic rings. The van der Waals surface area contributed by atoms with Gasteiger partial charge in [-0.1, -0.05) is 6.92 Å². The fraction of sp³-hybridized carbons (Fsp3) is 0.667. The van der Waals surface area contributed by atoms with Gasteiger partial charge in [0.05, 0.1) is 0 Å². The van der Waals surface area contributed by atoms with Crippen LogP contribution in [0.15, 0.2) is 5.83 Å². The van der Waals surface area contributed by atoms with E-state index in [-0.39, 0.29) is 35.8 Å². The van der Waals surface area contributed by atoms with Crippen LogP contribution in [0.1, 0.15) is 45.9 Å². The average molecular weight is 345 g/mol. The maximum Gasteiger partial charge on any atom is 0.280 e. The van der Waals surface area contributed by atoms with E-state index in [4.69, 9.17) is 0 Å². The van der Waals surface area contributed by atoms with Gasteiger partial charge in [0.2, 0.25) is 11.9 Å². The fourth-order valence-corrected chi connectivity index (χ4v) is 2.27. The summed E-state index contributed by atoms with van der Waals surface area (Å²) in [6.45, 7) is 6.33. The molecule has 24 heavy (non-hydrogen) atoms. The van der Waals surface area contributed by atoms with E-state index in [0.29, 0.717) is 6.54 Å². The van der Waals surface area contributed by atoms with Crippen LogP contribution in [0.25, 0.3) is 5.57 Å². The van der Waals surface area contributed by atoms with E-state index in [2.05, 4.69) is 25.6 Å². The molecule has 0 aromatic carbocycles. The Morgan fingerprint density at radius 3 is 2.54 bits per heavy atom. The maximum absolute atomic E-state index is 14.2. The molecule has 0 saturated heterocycles. The Balaban J connectivity index is 2.42. The van der Waals surface area contributed by atoms with Crippen LogP contribution in [-0.2, 0) is 0 Å². The van der Waals surface area contributed by atoms with Crippen molar-refractivity contribution in [2.24, 2.45) is 0 Å². The third kappa shape index (κ3) is 4.14. The van der Waals surface area contributed by atoms with Crippen LogP contribution in [-0.4, -0.2) is 44.7 Å². The quantitative estimate of drug-likeness (QED) is 0.735. The third-order valence-electron chi connectivity index (χ3n) is 3.49. The van der Waals surface area contributed by atoms with Gasteiger partial charge in [-0.3, -0.25) is 0 Å². The van der Waals surface area contributed by atoms with Gasteiger partial charge in [-0.25, -0.2) is 13.2 Å². The Kier molecular flexibility index (Phi) is 5.63. The number of alkyl halides is 2. The van der Waals surface area contributed by atoms with Gasteiger partial charge in [-0.2, -0.15) is 15.0 Å². The molecule has 2 rings (SSSR count). The van der Waals surface area contributed by atoms with Crippen molar-refractivity contribution in [3.8, 4) is 0 Å². The van der Waals surface area contributed by atoms with Gasteiger partial charge in [-0.15, -0.1) is 0 Å². The van der Waals surface area contributed by atoms with Crippen LogP contribution in [0.5, 0.6) is 0 Å². The molecule has 1 aliphatic carbocycles. The Hall–Kier alpha value is -1.90. The molecule has 9 heteroatoms. The maximum atomic E-state index is 14.2. The van der Waals surface area contributed by atoms with Gasteiger partial charge in [-0.05, 0) is 26.7 Å². The first-order chi connectivity index (χ1) is 11.2. The minimum Gasteiger partial charge on any atom is -0.380 e. The van der Waals surface area contributed by atoms with E-state index >= 15 is 0 Å². The SMILES string of the molecule is CCCNc1nc(NC(C)C)nc(C2=C(F)[C@H](O)C(F)(F)CC2)n1. The highest BCUT2D eigenvalue weighted by atomic mass is 19.3. The number of anilines is 2. The van der Waals surface area contributed by atoms with Crippen molar-refractivity contribution in [1.82, 2.24) is 15.0 Å². The number of halogens is 3. The van der Waals surface area contributed by atoms with Gasteiger partial charge in [0.1, 0.15) is 5.83 Å². The summed E-state index contributed by atoms with van der Waals surface area (Å²) in [4.78, 5) is 12.4. The van der Waals surface area contributed by atoms with E-state index in [1.165, 1.54) is 0 Å². The van der Waals surface area contributed by atoms with Crippen LogP contribution in [0.4, 0.5) is 25.1 Å². The Labute approximate surface area is 138 Å². The van der Waals surface area contributed by atoms with E-state index in [9.17, 15) is 18.3 Å². The standard InChI is InChI=1S/C15H22F3N5O/c1-4-7-19-13-21-12(22-14(23-13)20-8(2)3)9-5-6-15(17,18)11(24)10(9)16/h8,11,24H,4-7H2,1-3H3,(H2,19,20,21,22,23)/t11-/m0/s1. The predicted molar refractivity (Wildman–Crippen MR) is 85.6 cm³/mol. The number of nitrogens with one attached hydrogen (secondary N) is 2. The fourth-order valence-electron chi connectivity index (χ4n) is 2.27.